The molecule has 4 unspecified atom stereocenters. The molecule has 0 saturated carbocycles. The first-order valence-electron chi connectivity index (χ1n) is 9.81. The Bertz CT molecular complexity index is 684. The molecule has 0 fully saturated rings. The quantitative estimate of drug-likeness (QED) is 0.137. The van der Waals surface area contributed by atoms with Crippen molar-refractivity contribution in [3.8, 4) is 0 Å². The number of hydrogen-bond acceptors (Lipinski definition) is 7. The average molecular weight is 444 g/mol. The van der Waals surface area contributed by atoms with Crippen LogP contribution in [0, 0.1) is 5.92 Å². The maximum Gasteiger partial charge on any atom is 0.326 e. The van der Waals surface area contributed by atoms with Crippen LogP contribution in [-0.4, -0.2) is 65.3 Å². The van der Waals surface area contributed by atoms with Crippen molar-refractivity contribution >= 4 is 35.5 Å². The number of amides is 5. The summed E-state index contributed by atoms with van der Waals surface area (Å²) in [5.74, 6) is -5.09. The van der Waals surface area contributed by atoms with Gasteiger partial charge in [0.25, 0.3) is 0 Å². The first kappa shape index (κ1) is 27.8. The molecule has 0 aromatic rings. The van der Waals surface area contributed by atoms with Crippen LogP contribution in [0.1, 0.15) is 46.0 Å². The fraction of sp³-hybridized carbons (Fsp3) is 0.667. The molecule has 0 saturated heterocycles. The molecule has 13 nitrogen and oxygen atoms in total. The predicted molar refractivity (Wildman–Crippen MR) is 109 cm³/mol. The van der Waals surface area contributed by atoms with E-state index in [1.54, 1.807) is 13.8 Å². The number of carbonyl (C=O) groups is 6. The Morgan fingerprint density at radius 2 is 1.45 bits per heavy atom. The van der Waals surface area contributed by atoms with Gasteiger partial charge in [-0.1, -0.05) is 20.3 Å². The van der Waals surface area contributed by atoms with E-state index in [4.69, 9.17) is 22.3 Å². The summed E-state index contributed by atoms with van der Waals surface area (Å²) in [4.78, 5) is 69.5. The molecule has 5 amide bonds. The molecule has 0 heterocycles. The molecule has 31 heavy (non-hydrogen) atoms. The van der Waals surface area contributed by atoms with Gasteiger partial charge in [0.1, 0.15) is 12.1 Å². The lowest BCUT2D eigenvalue weighted by atomic mass is 9.97. The van der Waals surface area contributed by atoms with E-state index in [0.29, 0.717) is 6.42 Å². The number of carboxylic acid groups (broad SMARTS) is 1. The Labute approximate surface area is 179 Å². The van der Waals surface area contributed by atoms with E-state index in [2.05, 4.69) is 16.0 Å². The second-order valence-corrected chi connectivity index (χ2v) is 7.16. The summed E-state index contributed by atoms with van der Waals surface area (Å²) in [6.07, 6.45) is 0.0197. The predicted octanol–water partition coefficient (Wildman–Crippen LogP) is -2.94. The fourth-order valence-corrected chi connectivity index (χ4v) is 2.46. The van der Waals surface area contributed by atoms with Gasteiger partial charge in [-0.3, -0.25) is 24.0 Å². The zero-order valence-electron chi connectivity index (χ0n) is 17.7. The summed E-state index contributed by atoms with van der Waals surface area (Å²) in [7, 11) is 0. The number of aliphatic carboxylic acids is 1. The lowest BCUT2D eigenvalue weighted by Crippen LogP contribution is -2.55. The summed E-state index contributed by atoms with van der Waals surface area (Å²) < 4.78 is 0. The molecule has 0 spiro atoms. The molecule has 0 rings (SSSR count). The highest BCUT2D eigenvalue weighted by molar-refractivity contribution is 5.93. The van der Waals surface area contributed by atoms with Gasteiger partial charge < -0.3 is 38.3 Å². The van der Waals surface area contributed by atoms with Gasteiger partial charge in [0.05, 0.1) is 12.6 Å². The van der Waals surface area contributed by atoms with Gasteiger partial charge in [-0.25, -0.2) is 4.79 Å². The molecular formula is C18H32N6O7. The summed E-state index contributed by atoms with van der Waals surface area (Å²) in [5, 5.41) is 16.1. The molecule has 0 aliphatic rings. The van der Waals surface area contributed by atoms with Crippen LogP contribution in [-0.2, 0) is 28.8 Å². The van der Waals surface area contributed by atoms with E-state index in [-0.39, 0.29) is 31.6 Å². The monoisotopic (exact) mass is 444 g/mol. The van der Waals surface area contributed by atoms with Crippen LogP contribution >= 0.6 is 0 Å². The second-order valence-electron chi connectivity index (χ2n) is 7.16. The van der Waals surface area contributed by atoms with Crippen molar-refractivity contribution < 1.29 is 33.9 Å². The van der Waals surface area contributed by atoms with Gasteiger partial charge in [-0.2, -0.15) is 0 Å². The molecule has 0 radical (unpaired) electrons. The molecule has 0 aliphatic carbocycles. The van der Waals surface area contributed by atoms with Crippen molar-refractivity contribution in [2.45, 2.75) is 64.1 Å². The lowest BCUT2D eigenvalue weighted by Gasteiger charge is -2.25. The maximum absolute atomic E-state index is 12.5. The van der Waals surface area contributed by atoms with Crippen molar-refractivity contribution in [2.24, 2.45) is 23.1 Å². The highest BCUT2D eigenvalue weighted by Crippen LogP contribution is 2.09. The Kier molecular flexibility index (Phi) is 12.5. The van der Waals surface area contributed by atoms with Crippen LogP contribution in [0.25, 0.3) is 0 Å². The van der Waals surface area contributed by atoms with Gasteiger partial charge >= 0.3 is 5.97 Å². The van der Waals surface area contributed by atoms with Crippen LogP contribution < -0.4 is 33.2 Å². The molecule has 0 aliphatic heterocycles. The number of nitrogens with one attached hydrogen (secondary N) is 3. The van der Waals surface area contributed by atoms with Crippen molar-refractivity contribution in [1.82, 2.24) is 16.0 Å². The molecule has 4 atom stereocenters. The fourth-order valence-electron chi connectivity index (χ4n) is 2.46. The molecule has 176 valence electrons. The lowest BCUT2D eigenvalue weighted by molar-refractivity contribution is -0.142. The maximum atomic E-state index is 12.5. The molecule has 0 aromatic heterocycles. The Hall–Kier alpha value is -3.22. The molecule has 0 bridgehead atoms. The van der Waals surface area contributed by atoms with Crippen LogP contribution in [0.2, 0.25) is 0 Å². The van der Waals surface area contributed by atoms with Crippen LogP contribution in [0.4, 0.5) is 0 Å². The Morgan fingerprint density at radius 1 is 0.903 bits per heavy atom. The van der Waals surface area contributed by atoms with Crippen molar-refractivity contribution in [1.29, 1.82) is 0 Å². The standard InChI is InChI=1S/C18H32N6O7/c1-3-9(2)15(24-16(28)10(19)4-6-12(20)25)17(29)22-8-14(27)23-11(18(30)31)5-7-13(21)26/h9-11,15H,3-8,19H2,1-2H3,(H2,20,25)(H2,21,26)(H,22,29)(H,23,27)(H,24,28)(H,30,31). The second kappa shape index (κ2) is 13.9. The van der Waals surface area contributed by atoms with E-state index in [1.807, 2.05) is 0 Å². The molecule has 13 heteroatoms. The molecular weight excluding hydrogens is 412 g/mol. The number of carbonyl (C=O) groups excluding carboxylic acids is 5. The summed E-state index contributed by atoms with van der Waals surface area (Å²) in [5.41, 5.74) is 15.7. The van der Waals surface area contributed by atoms with Gasteiger partial charge in [0.15, 0.2) is 0 Å². The minimum Gasteiger partial charge on any atom is -0.480 e. The van der Waals surface area contributed by atoms with Gasteiger partial charge in [0, 0.05) is 12.8 Å². The molecule has 10 N–H and O–H groups in total. The summed E-state index contributed by atoms with van der Waals surface area (Å²) in [6.45, 7) is 2.96. The third-order valence-corrected chi connectivity index (χ3v) is 4.57. The number of rotatable bonds is 15. The largest absolute Gasteiger partial charge is 0.480 e. The molecule has 0 aromatic carbocycles. The smallest absolute Gasteiger partial charge is 0.326 e. The first-order chi connectivity index (χ1) is 14.4. The number of nitrogens with two attached hydrogens (primary N) is 3. The van der Waals surface area contributed by atoms with Crippen LogP contribution in [0.3, 0.4) is 0 Å². The zero-order valence-corrected chi connectivity index (χ0v) is 17.7. The van der Waals surface area contributed by atoms with Crippen LogP contribution in [0.5, 0.6) is 0 Å². The van der Waals surface area contributed by atoms with Gasteiger partial charge in [-0.15, -0.1) is 0 Å². The topological polar surface area (TPSA) is 237 Å². The normalized spacial score (nSPS) is 14.4. The SMILES string of the molecule is CCC(C)C(NC(=O)C(N)CCC(N)=O)C(=O)NCC(=O)NC(CCC(N)=O)C(=O)O. The van der Waals surface area contributed by atoms with Crippen molar-refractivity contribution in [2.75, 3.05) is 6.54 Å². The number of primary amides is 2. The van der Waals surface area contributed by atoms with E-state index < -0.39 is 60.2 Å². The Balaban J connectivity index is 4.88. The minimum atomic E-state index is -1.35. The van der Waals surface area contributed by atoms with Gasteiger partial charge in [-0.05, 0) is 18.8 Å². The minimum absolute atomic E-state index is 0.0142. The highest BCUT2D eigenvalue weighted by Gasteiger charge is 2.28. The highest BCUT2D eigenvalue weighted by atomic mass is 16.4. The van der Waals surface area contributed by atoms with Crippen molar-refractivity contribution in [3.05, 3.63) is 0 Å². The average Bonchev–Trinajstić information content (AvgIpc) is 2.69. The van der Waals surface area contributed by atoms with E-state index in [9.17, 15) is 28.8 Å². The van der Waals surface area contributed by atoms with E-state index >= 15 is 0 Å². The van der Waals surface area contributed by atoms with Gasteiger partial charge in [0.2, 0.25) is 29.5 Å². The van der Waals surface area contributed by atoms with Crippen LogP contribution in [0.15, 0.2) is 0 Å². The third kappa shape index (κ3) is 11.5. The third-order valence-electron chi connectivity index (χ3n) is 4.57. The summed E-state index contributed by atoms with van der Waals surface area (Å²) >= 11 is 0. The Morgan fingerprint density at radius 3 is 1.94 bits per heavy atom. The number of carboxylic acids is 1. The summed E-state index contributed by atoms with van der Waals surface area (Å²) in [6, 6.07) is -3.39. The van der Waals surface area contributed by atoms with Crippen molar-refractivity contribution in [3.63, 3.8) is 0 Å². The number of hydrogen-bond donors (Lipinski definition) is 7. The van der Waals surface area contributed by atoms with E-state index in [1.165, 1.54) is 0 Å². The first-order valence-corrected chi connectivity index (χ1v) is 9.81. The zero-order chi connectivity index (χ0) is 24.1. The van der Waals surface area contributed by atoms with E-state index in [0.717, 1.165) is 0 Å².